The van der Waals surface area contributed by atoms with Crippen LogP contribution in [0.3, 0.4) is 0 Å². The standard InChI is InChI=1S/3C4H9.C3H5O.Sn/c3*1-3-4-2;1-2-3-4;/h3*1,3-4H2,2H3;2H,1,3H2;/q;;;-1;+1. The van der Waals surface area contributed by atoms with Crippen molar-refractivity contribution in [1.82, 2.24) is 0 Å². The molecule has 2 heteroatoms. The Kier molecular flexibility index (Phi) is 11.9. The summed E-state index contributed by atoms with van der Waals surface area (Å²) in [6.07, 6.45) is 10.0. The average molecular weight is 347 g/mol. The molecule has 0 saturated carbocycles. The molecule has 0 aromatic rings. The van der Waals surface area contributed by atoms with Crippen molar-refractivity contribution in [2.75, 3.05) is 6.61 Å². The molecule has 0 spiro atoms. The Morgan fingerprint density at radius 1 is 0.882 bits per heavy atom. The summed E-state index contributed by atoms with van der Waals surface area (Å²) in [5.74, 6) is 0. The quantitative estimate of drug-likeness (QED) is 0.333. The van der Waals surface area contributed by atoms with Crippen LogP contribution in [0.5, 0.6) is 0 Å². The van der Waals surface area contributed by atoms with Gasteiger partial charge in [0, 0.05) is 0 Å². The van der Waals surface area contributed by atoms with Gasteiger partial charge in [0.15, 0.2) is 0 Å². The molecular weight excluding hydrogens is 315 g/mol. The summed E-state index contributed by atoms with van der Waals surface area (Å²) >= 11 is -2.26. The van der Waals surface area contributed by atoms with Gasteiger partial charge in [-0.05, 0) is 0 Å². The topological polar surface area (TPSA) is 9.23 Å². The van der Waals surface area contributed by atoms with E-state index in [1.165, 1.54) is 51.8 Å². The van der Waals surface area contributed by atoms with Crippen LogP contribution in [0, 0.1) is 0 Å². The zero-order valence-corrected chi connectivity index (χ0v) is 15.1. The van der Waals surface area contributed by atoms with Crippen LogP contribution in [-0.4, -0.2) is 25.4 Å². The van der Waals surface area contributed by atoms with E-state index < -0.39 is 18.8 Å². The van der Waals surface area contributed by atoms with E-state index in [-0.39, 0.29) is 0 Å². The summed E-state index contributed by atoms with van der Waals surface area (Å²) in [7, 11) is 0. The third kappa shape index (κ3) is 8.25. The Morgan fingerprint density at radius 3 is 1.59 bits per heavy atom. The second-order valence-electron chi connectivity index (χ2n) is 5.09. The van der Waals surface area contributed by atoms with Gasteiger partial charge >= 0.3 is 114 Å². The van der Waals surface area contributed by atoms with Crippen molar-refractivity contribution in [3.63, 3.8) is 0 Å². The summed E-state index contributed by atoms with van der Waals surface area (Å²) in [5, 5.41) is 0. The van der Waals surface area contributed by atoms with Crippen LogP contribution in [0.1, 0.15) is 59.3 Å². The predicted octanol–water partition coefficient (Wildman–Crippen LogP) is 5.53. The minimum atomic E-state index is -2.26. The molecule has 102 valence electrons. The van der Waals surface area contributed by atoms with Crippen LogP contribution in [0.4, 0.5) is 0 Å². The zero-order chi connectivity index (χ0) is 13.0. The monoisotopic (exact) mass is 348 g/mol. The molecule has 0 aliphatic heterocycles. The van der Waals surface area contributed by atoms with E-state index >= 15 is 0 Å². The SMILES string of the molecule is C=CC[O][Sn]([CH2]CCC)([CH2]CCC)[CH2]CCC. The molecule has 0 fully saturated rings. The van der Waals surface area contributed by atoms with Gasteiger partial charge < -0.3 is 0 Å². The third-order valence-electron chi connectivity index (χ3n) is 3.47. The van der Waals surface area contributed by atoms with Crippen LogP contribution in [0.25, 0.3) is 0 Å². The van der Waals surface area contributed by atoms with Crippen molar-refractivity contribution >= 4 is 18.8 Å². The molecule has 0 aliphatic carbocycles. The molecular formula is C15H32OSn. The van der Waals surface area contributed by atoms with Crippen LogP contribution in [0.15, 0.2) is 12.7 Å². The van der Waals surface area contributed by atoms with Crippen LogP contribution < -0.4 is 0 Å². The summed E-state index contributed by atoms with van der Waals surface area (Å²) < 4.78 is 10.7. The minimum absolute atomic E-state index is 0.799. The van der Waals surface area contributed by atoms with E-state index in [1.54, 1.807) is 0 Å². The van der Waals surface area contributed by atoms with Crippen LogP contribution >= 0.6 is 0 Å². The van der Waals surface area contributed by atoms with Crippen molar-refractivity contribution in [2.45, 2.75) is 72.6 Å². The second-order valence-corrected chi connectivity index (χ2v) is 17.0. The number of rotatable bonds is 12. The van der Waals surface area contributed by atoms with E-state index in [1.807, 2.05) is 6.08 Å². The molecule has 0 amide bonds. The van der Waals surface area contributed by atoms with E-state index in [4.69, 9.17) is 3.07 Å². The van der Waals surface area contributed by atoms with Gasteiger partial charge in [-0.2, -0.15) is 0 Å². The van der Waals surface area contributed by atoms with E-state index in [9.17, 15) is 0 Å². The van der Waals surface area contributed by atoms with E-state index in [0.717, 1.165) is 6.61 Å². The summed E-state index contributed by atoms with van der Waals surface area (Å²) in [6.45, 7) is 11.5. The Morgan fingerprint density at radius 2 is 1.29 bits per heavy atom. The molecule has 0 saturated heterocycles. The molecule has 0 aromatic carbocycles. The Balaban J connectivity index is 4.44. The van der Waals surface area contributed by atoms with Gasteiger partial charge in [-0.25, -0.2) is 0 Å². The first-order chi connectivity index (χ1) is 8.24. The normalized spacial score (nSPS) is 11.7. The zero-order valence-electron chi connectivity index (χ0n) is 12.3. The van der Waals surface area contributed by atoms with Crippen molar-refractivity contribution in [3.8, 4) is 0 Å². The van der Waals surface area contributed by atoms with Gasteiger partial charge in [-0.15, -0.1) is 0 Å². The Labute approximate surface area is 113 Å². The third-order valence-corrected chi connectivity index (χ3v) is 16.5. The molecule has 0 bridgehead atoms. The maximum atomic E-state index is 6.38. The maximum absolute atomic E-state index is 6.38. The molecule has 0 rings (SSSR count). The van der Waals surface area contributed by atoms with Gasteiger partial charge in [0.05, 0.1) is 0 Å². The van der Waals surface area contributed by atoms with Gasteiger partial charge in [0.1, 0.15) is 0 Å². The second kappa shape index (κ2) is 11.6. The Bertz CT molecular complexity index is 158. The first-order valence-electron chi connectivity index (χ1n) is 7.49. The van der Waals surface area contributed by atoms with Crippen molar-refractivity contribution in [3.05, 3.63) is 12.7 Å². The van der Waals surface area contributed by atoms with E-state index in [0.29, 0.717) is 0 Å². The summed E-state index contributed by atoms with van der Waals surface area (Å²) in [4.78, 5) is 0. The first-order valence-corrected chi connectivity index (χ1v) is 14.7. The van der Waals surface area contributed by atoms with Crippen molar-refractivity contribution in [1.29, 1.82) is 0 Å². The molecule has 0 radical (unpaired) electrons. The van der Waals surface area contributed by atoms with Gasteiger partial charge in [-0.1, -0.05) is 0 Å². The van der Waals surface area contributed by atoms with Gasteiger partial charge in [-0.3, -0.25) is 0 Å². The van der Waals surface area contributed by atoms with Crippen LogP contribution in [0.2, 0.25) is 13.3 Å². The molecule has 0 N–H and O–H groups in total. The summed E-state index contributed by atoms with van der Waals surface area (Å²) in [5.41, 5.74) is 0. The number of unbranched alkanes of at least 4 members (excludes halogenated alkanes) is 3. The molecule has 0 unspecified atom stereocenters. The molecule has 0 aliphatic rings. The van der Waals surface area contributed by atoms with Gasteiger partial charge in [0.2, 0.25) is 0 Å². The number of hydrogen-bond acceptors (Lipinski definition) is 1. The molecule has 1 nitrogen and oxygen atoms in total. The van der Waals surface area contributed by atoms with Gasteiger partial charge in [0.25, 0.3) is 0 Å². The van der Waals surface area contributed by atoms with Crippen LogP contribution in [-0.2, 0) is 3.07 Å². The molecule has 0 atom stereocenters. The predicted molar refractivity (Wildman–Crippen MR) is 81.0 cm³/mol. The fraction of sp³-hybridized carbons (Fsp3) is 0.867. The van der Waals surface area contributed by atoms with Crippen molar-refractivity contribution in [2.24, 2.45) is 0 Å². The summed E-state index contributed by atoms with van der Waals surface area (Å²) in [6, 6.07) is 0. The first kappa shape index (κ1) is 17.5. The van der Waals surface area contributed by atoms with E-state index in [2.05, 4.69) is 27.4 Å². The number of hydrogen-bond donors (Lipinski definition) is 0. The fourth-order valence-electron chi connectivity index (χ4n) is 2.32. The fourth-order valence-corrected chi connectivity index (χ4v) is 15.6. The average Bonchev–Trinajstić information content (AvgIpc) is 2.37. The molecule has 17 heavy (non-hydrogen) atoms. The van der Waals surface area contributed by atoms with Crippen molar-refractivity contribution < 1.29 is 3.07 Å². The molecule has 0 aromatic heterocycles. The Hall–Kier alpha value is 0.499. The molecule has 0 heterocycles.